The number of allylic oxidation sites excluding steroid dienone is 1. The van der Waals surface area contributed by atoms with Crippen LogP contribution >= 0.6 is 0 Å². The molecule has 0 amide bonds. The molecule has 0 radical (unpaired) electrons. The van der Waals surface area contributed by atoms with Crippen LogP contribution in [0.4, 0.5) is 0 Å². The average molecular weight is 240 g/mol. The first-order valence-electron chi connectivity index (χ1n) is 7.14. The number of benzene rings is 1. The van der Waals surface area contributed by atoms with Crippen molar-refractivity contribution in [2.45, 2.75) is 44.4 Å². The van der Waals surface area contributed by atoms with Crippen molar-refractivity contribution in [2.75, 3.05) is 0 Å². The van der Waals surface area contributed by atoms with E-state index in [1.807, 2.05) is 6.07 Å². The number of hydrogen-bond donors (Lipinski definition) is 0. The lowest BCUT2D eigenvalue weighted by Crippen LogP contribution is -2.09. The number of fused-ring (bicyclic) bond motifs is 1. The molecule has 1 nitrogen and oxygen atoms in total. The summed E-state index contributed by atoms with van der Waals surface area (Å²) in [5.74, 6) is 1.43. The Morgan fingerprint density at radius 3 is 2.78 bits per heavy atom. The van der Waals surface area contributed by atoms with Crippen LogP contribution in [0.25, 0.3) is 6.08 Å². The maximum atomic E-state index is 10.9. The van der Waals surface area contributed by atoms with Crippen LogP contribution in [0.1, 0.15) is 65.9 Å². The van der Waals surface area contributed by atoms with Crippen LogP contribution < -0.4 is 0 Å². The molecule has 1 atom stereocenters. The van der Waals surface area contributed by atoms with Crippen LogP contribution in [0.5, 0.6) is 0 Å². The summed E-state index contributed by atoms with van der Waals surface area (Å²) in [6.45, 7) is 0. The first-order chi connectivity index (χ1) is 8.86. The normalized spacial score (nSPS) is 23.0. The third-order valence-corrected chi connectivity index (χ3v) is 4.47. The van der Waals surface area contributed by atoms with E-state index < -0.39 is 0 Å². The first kappa shape index (κ1) is 11.7. The molecule has 0 bridgehead atoms. The molecule has 18 heavy (non-hydrogen) atoms. The zero-order valence-corrected chi connectivity index (χ0v) is 10.8. The summed E-state index contributed by atoms with van der Waals surface area (Å²) < 4.78 is 0. The smallest absolute Gasteiger partial charge is 0.150 e. The molecule has 1 aromatic rings. The standard InChI is InChI=1S/C17H20O/c18-12-14-6-7-15-8-9-16(17(15)11-14)10-13-4-2-1-3-5-13/h6-9,11-13,16H,1-5,10H2. The lowest BCUT2D eigenvalue weighted by atomic mass is 9.81. The molecule has 94 valence electrons. The molecule has 0 saturated heterocycles. The van der Waals surface area contributed by atoms with Crippen LogP contribution in [0.3, 0.4) is 0 Å². The summed E-state index contributed by atoms with van der Waals surface area (Å²) in [6, 6.07) is 6.07. The fraction of sp³-hybridized carbons (Fsp3) is 0.471. The SMILES string of the molecule is O=Cc1ccc2c(c1)C(CC1CCCCC1)C=C2. The maximum absolute atomic E-state index is 10.9. The molecule has 1 fully saturated rings. The molecule has 1 saturated carbocycles. The van der Waals surface area contributed by atoms with Crippen LogP contribution in [-0.2, 0) is 0 Å². The molecule has 0 aromatic heterocycles. The summed E-state index contributed by atoms with van der Waals surface area (Å²) in [5.41, 5.74) is 3.48. The van der Waals surface area contributed by atoms with Gasteiger partial charge in [-0.15, -0.1) is 0 Å². The minimum Gasteiger partial charge on any atom is -0.298 e. The average Bonchev–Trinajstić information content (AvgIpc) is 2.82. The van der Waals surface area contributed by atoms with Gasteiger partial charge in [-0.1, -0.05) is 56.4 Å². The van der Waals surface area contributed by atoms with Gasteiger partial charge >= 0.3 is 0 Å². The highest BCUT2D eigenvalue weighted by molar-refractivity contribution is 5.77. The largest absolute Gasteiger partial charge is 0.298 e. The topological polar surface area (TPSA) is 17.1 Å². The van der Waals surface area contributed by atoms with Crippen molar-refractivity contribution in [3.63, 3.8) is 0 Å². The Bertz CT molecular complexity index is 466. The van der Waals surface area contributed by atoms with Crippen molar-refractivity contribution in [2.24, 2.45) is 5.92 Å². The van der Waals surface area contributed by atoms with E-state index in [0.717, 1.165) is 17.8 Å². The number of rotatable bonds is 3. The van der Waals surface area contributed by atoms with E-state index in [2.05, 4.69) is 24.3 Å². The molecule has 2 aliphatic rings. The van der Waals surface area contributed by atoms with E-state index in [9.17, 15) is 4.79 Å². The molecule has 2 aliphatic carbocycles. The lowest BCUT2D eigenvalue weighted by Gasteiger charge is -2.24. The van der Waals surface area contributed by atoms with Crippen molar-refractivity contribution in [1.29, 1.82) is 0 Å². The second kappa shape index (κ2) is 5.09. The Hall–Kier alpha value is -1.37. The van der Waals surface area contributed by atoms with Crippen molar-refractivity contribution in [1.82, 2.24) is 0 Å². The van der Waals surface area contributed by atoms with Gasteiger partial charge in [0.1, 0.15) is 6.29 Å². The Morgan fingerprint density at radius 1 is 1.17 bits per heavy atom. The van der Waals surface area contributed by atoms with Crippen molar-refractivity contribution >= 4 is 12.4 Å². The summed E-state index contributed by atoms with van der Waals surface area (Å²) in [4.78, 5) is 10.9. The molecule has 1 aromatic carbocycles. The summed E-state index contributed by atoms with van der Waals surface area (Å²) in [5, 5.41) is 0. The lowest BCUT2D eigenvalue weighted by molar-refractivity contribution is 0.112. The Labute approximate surface area is 109 Å². The highest BCUT2D eigenvalue weighted by Gasteiger charge is 2.22. The van der Waals surface area contributed by atoms with Crippen molar-refractivity contribution in [3.05, 3.63) is 41.0 Å². The molecule has 1 unspecified atom stereocenters. The quantitative estimate of drug-likeness (QED) is 0.707. The minimum atomic E-state index is 0.544. The first-order valence-corrected chi connectivity index (χ1v) is 7.14. The van der Waals surface area contributed by atoms with Gasteiger partial charge in [-0.3, -0.25) is 4.79 Å². The van der Waals surface area contributed by atoms with Gasteiger partial charge in [-0.05, 0) is 29.5 Å². The number of hydrogen-bond acceptors (Lipinski definition) is 1. The molecule has 3 rings (SSSR count). The minimum absolute atomic E-state index is 0.544. The molecule has 0 spiro atoms. The van der Waals surface area contributed by atoms with Crippen LogP contribution in [-0.4, -0.2) is 6.29 Å². The van der Waals surface area contributed by atoms with Gasteiger partial charge in [0.2, 0.25) is 0 Å². The van der Waals surface area contributed by atoms with E-state index in [-0.39, 0.29) is 0 Å². The molecule has 0 heterocycles. The zero-order valence-electron chi connectivity index (χ0n) is 10.8. The fourth-order valence-corrected chi connectivity index (χ4v) is 3.45. The van der Waals surface area contributed by atoms with Crippen LogP contribution in [0.2, 0.25) is 0 Å². The van der Waals surface area contributed by atoms with E-state index >= 15 is 0 Å². The fourth-order valence-electron chi connectivity index (χ4n) is 3.45. The predicted molar refractivity (Wildman–Crippen MR) is 74.8 cm³/mol. The van der Waals surface area contributed by atoms with E-state index in [1.54, 1.807) is 0 Å². The Balaban J connectivity index is 1.76. The van der Waals surface area contributed by atoms with Gasteiger partial charge in [0.25, 0.3) is 0 Å². The second-order valence-corrected chi connectivity index (χ2v) is 5.71. The van der Waals surface area contributed by atoms with Crippen LogP contribution in [0.15, 0.2) is 24.3 Å². The zero-order chi connectivity index (χ0) is 12.4. The van der Waals surface area contributed by atoms with E-state index in [1.165, 1.54) is 49.7 Å². The Morgan fingerprint density at radius 2 is 2.00 bits per heavy atom. The van der Waals surface area contributed by atoms with Gasteiger partial charge in [0.05, 0.1) is 0 Å². The van der Waals surface area contributed by atoms with Gasteiger partial charge in [-0.2, -0.15) is 0 Å². The monoisotopic (exact) mass is 240 g/mol. The highest BCUT2D eigenvalue weighted by Crippen LogP contribution is 2.38. The van der Waals surface area contributed by atoms with E-state index in [0.29, 0.717) is 5.92 Å². The van der Waals surface area contributed by atoms with Gasteiger partial charge in [0, 0.05) is 11.5 Å². The van der Waals surface area contributed by atoms with Crippen molar-refractivity contribution < 1.29 is 4.79 Å². The highest BCUT2D eigenvalue weighted by atomic mass is 16.1. The third-order valence-electron chi connectivity index (χ3n) is 4.47. The molecule has 0 aliphatic heterocycles. The van der Waals surface area contributed by atoms with Gasteiger partial charge in [-0.25, -0.2) is 0 Å². The predicted octanol–water partition coefficient (Wildman–Crippen LogP) is 4.58. The Kier molecular flexibility index (Phi) is 3.31. The summed E-state index contributed by atoms with van der Waals surface area (Å²) in [6.07, 6.45) is 13.8. The maximum Gasteiger partial charge on any atom is 0.150 e. The molecule has 0 N–H and O–H groups in total. The number of carbonyl (C=O) groups excluding carboxylic acids is 1. The third kappa shape index (κ3) is 2.27. The molecular weight excluding hydrogens is 220 g/mol. The van der Waals surface area contributed by atoms with Gasteiger partial charge < -0.3 is 0 Å². The summed E-state index contributed by atoms with van der Waals surface area (Å²) >= 11 is 0. The van der Waals surface area contributed by atoms with Crippen molar-refractivity contribution in [3.8, 4) is 0 Å². The number of aldehydes is 1. The van der Waals surface area contributed by atoms with E-state index in [4.69, 9.17) is 0 Å². The molecular formula is C17H20O. The summed E-state index contributed by atoms with van der Waals surface area (Å²) in [7, 11) is 0. The second-order valence-electron chi connectivity index (χ2n) is 5.71. The van der Waals surface area contributed by atoms with Crippen LogP contribution in [0, 0.1) is 5.92 Å². The molecule has 1 heteroatoms. The number of carbonyl (C=O) groups is 1. The van der Waals surface area contributed by atoms with Gasteiger partial charge in [0.15, 0.2) is 0 Å².